The maximum Gasteiger partial charge on any atom is 0.309 e. The van der Waals surface area contributed by atoms with Crippen LogP contribution in [0.15, 0.2) is 35.2 Å². The van der Waals surface area contributed by atoms with E-state index < -0.39 is 40.2 Å². The number of benzene rings is 2. The number of nitrogens with zero attached hydrogens (tertiary/aromatic N) is 1. The lowest BCUT2D eigenvalue weighted by Gasteiger charge is -2.31. The largest absolute Gasteiger partial charge is 0.455 e. The zero-order valence-electron chi connectivity index (χ0n) is 19.3. The van der Waals surface area contributed by atoms with E-state index >= 15 is 0 Å². The Labute approximate surface area is 194 Å². The van der Waals surface area contributed by atoms with Crippen molar-refractivity contribution in [3.8, 4) is 0 Å². The van der Waals surface area contributed by atoms with E-state index in [0.717, 1.165) is 22.3 Å². The first-order chi connectivity index (χ1) is 15.5. The van der Waals surface area contributed by atoms with Crippen molar-refractivity contribution in [3.05, 3.63) is 58.4 Å². The van der Waals surface area contributed by atoms with Crippen molar-refractivity contribution in [2.45, 2.75) is 45.4 Å². The fraction of sp³-hybridized carbons (Fsp3) is 0.417. The van der Waals surface area contributed by atoms with Crippen LogP contribution in [0.1, 0.15) is 35.1 Å². The van der Waals surface area contributed by atoms with Crippen molar-refractivity contribution in [2.24, 2.45) is 5.92 Å². The van der Waals surface area contributed by atoms with E-state index in [0.29, 0.717) is 23.4 Å². The Morgan fingerprint density at radius 1 is 1.03 bits per heavy atom. The Hall–Kier alpha value is -2.78. The molecule has 1 amide bonds. The molecule has 0 saturated carbocycles. The molecule has 2 aromatic rings. The molecule has 1 heterocycles. The summed E-state index contributed by atoms with van der Waals surface area (Å²) in [5.74, 6) is -1.96. The van der Waals surface area contributed by atoms with Gasteiger partial charge in [0.25, 0.3) is 5.91 Å². The molecule has 2 aromatic carbocycles. The van der Waals surface area contributed by atoms with Crippen molar-refractivity contribution < 1.29 is 27.1 Å². The third kappa shape index (κ3) is 5.59. The fourth-order valence-electron chi connectivity index (χ4n) is 4.01. The molecule has 1 fully saturated rings. The van der Waals surface area contributed by atoms with Gasteiger partial charge in [-0.05, 0) is 87.1 Å². The quantitative estimate of drug-likeness (QED) is 0.643. The lowest BCUT2D eigenvalue weighted by atomic mass is 9.98. The van der Waals surface area contributed by atoms with E-state index in [4.69, 9.17) is 4.74 Å². The van der Waals surface area contributed by atoms with Crippen LogP contribution in [-0.4, -0.2) is 44.3 Å². The number of sulfonamides is 1. The van der Waals surface area contributed by atoms with Gasteiger partial charge in [-0.15, -0.1) is 0 Å². The van der Waals surface area contributed by atoms with Gasteiger partial charge in [-0.1, -0.05) is 6.07 Å². The Kier molecular flexibility index (Phi) is 7.54. The van der Waals surface area contributed by atoms with Gasteiger partial charge in [-0.2, -0.15) is 4.31 Å². The molecule has 0 spiro atoms. The summed E-state index contributed by atoms with van der Waals surface area (Å²) in [5, 5.41) is 2.52. The number of nitrogens with one attached hydrogen (secondary N) is 1. The van der Waals surface area contributed by atoms with E-state index in [1.54, 1.807) is 0 Å². The van der Waals surface area contributed by atoms with Crippen LogP contribution in [-0.2, 0) is 24.3 Å². The molecule has 3 rings (SSSR count). The van der Waals surface area contributed by atoms with Crippen LogP contribution < -0.4 is 5.32 Å². The summed E-state index contributed by atoms with van der Waals surface area (Å²) in [5.41, 5.74) is 3.73. The summed E-state index contributed by atoms with van der Waals surface area (Å²) in [7, 11) is -3.69. The predicted octanol–water partition coefficient (Wildman–Crippen LogP) is 3.64. The molecular formula is C24H29FN2O5S. The predicted molar refractivity (Wildman–Crippen MR) is 123 cm³/mol. The highest BCUT2D eigenvalue weighted by Gasteiger charge is 2.35. The Morgan fingerprint density at radius 3 is 2.12 bits per heavy atom. The summed E-state index contributed by atoms with van der Waals surface area (Å²) < 4.78 is 46.2. The first kappa shape index (κ1) is 24.9. The van der Waals surface area contributed by atoms with Gasteiger partial charge in [-0.3, -0.25) is 9.59 Å². The molecule has 0 aromatic heterocycles. The van der Waals surface area contributed by atoms with Crippen molar-refractivity contribution in [3.63, 3.8) is 0 Å². The summed E-state index contributed by atoms with van der Waals surface area (Å²) in [6.07, 6.45) is 0.640. The van der Waals surface area contributed by atoms with E-state index in [1.807, 2.05) is 33.8 Å². The molecule has 0 unspecified atom stereocenters. The zero-order valence-corrected chi connectivity index (χ0v) is 20.1. The molecule has 0 radical (unpaired) electrons. The van der Waals surface area contributed by atoms with Crippen molar-refractivity contribution in [2.75, 3.05) is 25.0 Å². The highest BCUT2D eigenvalue weighted by atomic mass is 32.2. The first-order valence-corrected chi connectivity index (χ1v) is 12.2. The molecule has 0 bridgehead atoms. The van der Waals surface area contributed by atoms with Crippen molar-refractivity contribution >= 4 is 27.6 Å². The number of esters is 1. The van der Waals surface area contributed by atoms with Crippen molar-refractivity contribution in [1.29, 1.82) is 0 Å². The maximum absolute atomic E-state index is 13.4. The average Bonchev–Trinajstić information content (AvgIpc) is 2.78. The van der Waals surface area contributed by atoms with E-state index in [2.05, 4.69) is 5.32 Å². The van der Waals surface area contributed by atoms with Gasteiger partial charge in [0.05, 0.1) is 10.8 Å². The second-order valence-electron chi connectivity index (χ2n) is 8.43. The smallest absolute Gasteiger partial charge is 0.309 e. The van der Waals surface area contributed by atoms with Crippen LogP contribution in [0.4, 0.5) is 10.1 Å². The topological polar surface area (TPSA) is 92.8 Å². The van der Waals surface area contributed by atoms with E-state index in [-0.39, 0.29) is 13.1 Å². The standard InChI is InChI=1S/C24H29FN2O5S/c1-15-13-16(2)18(4)23(17(15)3)33(30,31)27-11-9-19(10-12-27)24(29)32-14-22(28)26-21-7-5-20(25)6-8-21/h5-8,13,19H,9-12,14H2,1-4H3,(H,26,28). The molecule has 1 saturated heterocycles. The Bertz CT molecular complexity index is 1130. The average molecular weight is 477 g/mol. The van der Waals surface area contributed by atoms with Gasteiger partial charge in [0.1, 0.15) is 5.82 Å². The lowest BCUT2D eigenvalue weighted by Crippen LogP contribution is -2.41. The third-order valence-electron chi connectivity index (χ3n) is 6.16. The number of piperidine rings is 1. The minimum atomic E-state index is -3.69. The van der Waals surface area contributed by atoms with Gasteiger partial charge in [0.15, 0.2) is 6.61 Å². The number of ether oxygens (including phenoxy) is 1. The van der Waals surface area contributed by atoms with Gasteiger partial charge >= 0.3 is 5.97 Å². The maximum atomic E-state index is 13.4. The third-order valence-corrected chi connectivity index (χ3v) is 8.33. The number of hydrogen-bond acceptors (Lipinski definition) is 5. The van der Waals surface area contributed by atoms with Crippen LogP contribution in [0.3, 0.4) is 0 Å². The van der Waals surface area contributed by atoms with E-state index in [9.17, 15) is 22.4 Å². The van der Waals surface area contributed by atoms with Crippen LogP contribution in [0.5, 0.6) is 0 Å². The second-order valence-corrected chi connectivity index (χ2v) is 10.3. The second kappa shape index (κ2) is 10.0. The van der Waals surface area contributed by atoms with Gasteiger partial charge in [0.2, 0.25) is 10.0 Å². The molecule has 1 N–H and O–H groups in total. The fourth-order valence-corrected chi connectivity index (χ4v) is 6.06. The molecular weight excluding hydrogens is 447 g/mol. The van der Waals surface area contributed by atoms with Crippen molar-refractivity contribution in [1.82, 2.24) is 4.31 Å². The van der Waals surface area contributed by atoms with E-state index in [1.165, 1.54) is 28.6 Å². The minimum absolute atomic E-state index is 0.204. The molecule has 178 valence electrons. The van der Waals surface area contributed by atoms with Crippen LogP contribution in [0, 0.1) is 39.4 Å². The van der Waals surface area contributed by atoms with Crippen LogP contribution in [0.25, 0.3) is 0 Å². The summed E-state index contributed by atoms with van der Waals surface area (Å²) in [6.45, 7) is 7.37. The molecule has 0 aliphatic carbocycles. The van der Waals surface area contributed by atoms with Crippen LogP contribution in [0.2, 0.25) is 0 Å². The number of hydrogen-bond donors (Lipinski definition) is 1. The van der Waals surface area contributed by atoms with Crippen LogP contribution >= 0.6 is 0 Å². The molecule has 1 aliphatic rings. The first-order valence-electron chi connectivity index (χ1n) is 10.8. The highest BCUT2D eigenvalue weighted by molar-refractivity contribution is 7.89. The summed E-state index contributed by atoms with van der Waals surface area (Å²) >= 11 is 0. The number of amides is 1. The Morgan fingerprint density at radius 2 is 1.58 bits per heavy atom. The summed E-state index contributed by atoms with van der Waals surface area (Å²) in [6, 6.07) is 7.22. The lowest BCUT2D eigenvalue weighted by molar-refractivity contribution is -0.152. The molecule has 1 aliphatic heterocycles. The number of rotatable bonds is 6. The van der Waals surface area contributed by atoms with Gasteiger partial charge in [0, 0.05) is 18.8 Å². The number of aryl methyl sites for hydroxylation is 2. The zero-order chi connectivity index (χ0) is 24.3. The molecule has 9 heteroatoms. The summed E-state index contributed by atoms with van der Waals surface area (Å²) in [4.78, 5) is 24.7. The minimum Gasteiger partial charge on any atom is -0.455 e. The van der Waals surface area contributed by atoms with Gasteiger partial charge in [-0.25, -0.2) is 12.8 Å². The monoisotopic (exact) mass is 476 g/mol. The molecule has 33 heavy (non-hydrogen) atoms. The van der Waals surface area contributed by atoms with Gasteiger partial charge < -0.3 is 10.1 Å². The molecule has 7 nitrogen and oxygen atoms in total. The normalized spacial score (nSPS) is 15.3. The SMILES string of the molecule is Cc1cc(C)c(C)c(S(=O)(=O)N2CCC(C(=O)OCC(=O)Nc3ccc(F)cc3)CC2)c1C. The highest BCUT2D eigenvalue weighted by Crippen LogP contribution is 2.31. The molecule has 0 atom stereocenters. The number of halogens is 1. The number of carbonyl (C=O) groups is 2. The number of carbonyl (C=O) groups excluding carboxylic acids is 2. The number of anilines is 1. The Balaban J connectivity index is 1.56.